The molecule has 1 amide bonds. The normalized spacial score (nSPS) is 19.7. The maximum absolute atomic E-state index is 12.8. The molecule has 3 rings (SSSR count). The molecule has 2 aromatic carbocycles. The van der Waals surface area contributed by atoms with E-state index >= 15 is 0 Å². The van der Waals surface area contributed by atoms with E-state index in [1.54, 1.807) is 6.07 Å². The fourth-order valence-corrected chi connectivity index (χ4v) is 3.11. The fraction of sp³-hybridized carbons (Fsp3) is 0.381. The minimum Gasteiger partial charge on any atom is -0.508 e. The number of amides is 1. The van der Waals surface area contributed by atoms with Crippen molar-refractivity contribution in [3.05, 3.63) is 53.6 Å². The number of hydrogen-bond acceptors (Lipinski definition) is 3. The van der Waals surface area contributed by atoms with Crippen molar-refractivity contribution in [3.8, 4) is 11.5 Å². The van der Waals surface area contributed by atoms with E-state index in [1.807, 2.05) is 64.1 Å². The molecule has 1 unspecified atom stereocenters. The van der Waals surface area contributed by atoms with E-state index < -0.39 is 5.60 Å². The number of para-hydroxylation sites is 1. The van der Waals surface area contributed by atoms with E-state index in [2.05, 4.69) is 5.32 Å². The van der Waals surface area contributed by atoms with Crippen LogP contribution in [-0.2, 0) is 16.6 Å². The van der Waals surface area contributed by atoms with E-state index in [9.17, 15) is 9.90 Å². The Labute approximate surface area is 148 Å². The monoisotopic (exact) mass is 339 g/mol. The quantitative estimate of drug-likeness (QED) is 0.852. The van der Waals surface area contributed by atoms with Crippen LogP contribution < -0.4 is 10.1 Å². The Kier molecular flexibility index (Phi) is 4.23. The number of aromatic hydroxyl groups is 1. The Balaban J connectivity index is 1.87. The van der Waals surface area contributed by atoms with Gasteiger partial charge in [-0.3, -0.25) is 4.79 Å². The molecule has 0 saturated carbocycles. The fourth-order valence-electron chi connectivity index (χ4n) is 3.11. The molecule has 1 aliphatic rings. The van der Waals surface area contributed by atoms with Gasteiger partial charge in [-0.1, -0.05) is 39.0 Å². The van der Waals surface area contributed by atoms with Crippen molar-refractivity contribution in [3.63, 3.8) is 0 Å². The molecule has 1 heterocycles. The number of anilines is 1. The SMILES string of the molecule is CC1(C(=O)Nc2ccccc2)CCc2cc(O)c(C(C)(C)C)cc2O1. The Morgan fingerprint density at radius 1 is 1.20 bits per heavy atom. The second kappa shape index (κ2) is 6.10. The highest BCUT2D eigenvalue weighted by atomic mass is 16.5. The summed E-state index contributed by atoms with van der Waals surface area (Å²) in [6, 6.07) is 13.0. The number of carbonyl (C=O) groups excluding carboxylic acids is 1. The summed E-state index contributed by atoms with van der Waals surface area (Å²) in [6.07, 6.45) is 1.25. The van der Waals surface area contributed by atoms with Crippen LogP contribution in [-0.4, -0.2) is 16.6 Å². The molecular formula is C21H25NO3. The van der Waals surface area contributed by atoms with Crippen LogP contribution in [0.5, 0.6) is 11.5 Å². The van der Waals surface area contributed by atoms with Crippen LogP contribution in [0.15, 0.2) is 42.5 Å². The summed E-state index contributed by atoms with van der Waals surface area (Å²) >= 11 is 0. The third-order valence-electron chi connectivity index (χ3n) is 4.71. The first kappa shape index (κ1) is 17.3. The van der Waals surface area contributed by atoms with Gasteiger partial charge in [0.15, 0.2) is 5.60 Å². The number of nitrogens with one attached hydrogen (secondary N) is 1. The second-order valence-corrected chi connectivity index (χ2v) is 7.88. The van der Waals surface area contributed by atoms with Crippen molar-refractivity contribution in [1.29, 1.82) is 0 Å². The van der Waals surface area contributed by atoms with Gasteiger partial charge in [0.2, 0.25) is 0 Å². The molecule has 0 bridgehead atoms. The second-order valence-electron chi connectivity index (χ2n) is 7.88. The van der Waals surface area contributed by atoms with E-state index in [-0.39, 0.29) is 17.1 Å². The van der Waals surface area contributed by atoms with E-state index in [0.29, 0.717) is 18.6 Å². The van der Waals surface area contributed by atoms with Gasteiger partial charge < -0.3 is 15.2 Å². The van der Waals surface area contributed by atoms with Crippen molar-refractivity contribution in [2.75, 3.05) is 5.32 Å². The molecule has 2 N–H and O–H groups in total. The summed E-state index contributed by atoms with van der Waals surface area (Å²) < 4.78 is 6.12. The van der Waals surface area contributed by atoms with Crippen molar-refractivity contribution < 1.29 is 14.6 Å². The van der Waals surface area contributed by atoms with Crippen LogP contribution in [0.25, 0.3) is 0 Å². The van der Waals surface area contributed by atoms with Crippen LogP contribution >= 0.6 is 0 Å². The topological polar surface area (TPSA) is 58.6 Å². The summed E-state index contributed by atoms with van der Waals surface area (Å²) in [5.74, 6) is 0.807. The standard InChI is InChI=1S/C21H25NO3/c1-20(2,3)16-13-18-14(12-17(16)23)10-11-21(4,25-18)19(24)22-15-8-6-5-7-9-15/h5-9,12-13,23H,10-11H2,1-4H3,(H,22,24). The molecule has 0 fully saturated rings. The molecule has 1 atom stereocenters. The lowest BCUT2D eigenvalue weighted by Crippen LogP contribution is -2.47. The van der Waals surface area contributed by atoms with Crippen molar-refractivity contribution in [1.82, 2.24) is 0 Å². The Hall–Kier alpha value is -2.49. The number of aryl methyl sites for hydroxylation is 1. The highest BCUT2D eigenvalue weighted by Gasteiger charge is 2.39. The van der Waals surface area contributed by atoms with Gasteiger partial charge in [-0.2, -0.15) is 0 Å². The highest BCUT2D eigenvalue weighted by Crippen LogP contribution is 2.41. The minimum atomic E-state index is -0.936. The van der Waals surface area contributed by atoms with Gasteiger partial charge in [0.05, 0.1) is 0 Å². The maximum atomic E-state index is 12.8. The molecule has 25 heavy (non-hydrogen) atoms. The number of hydrogen-bond donors (Lipinski definition) is 2. The molecule has 1 aliphatic heterocycles. The summed E-state index contributed by atoms with van der Waals surface area (Å²) in [5, 5.41) is 13.2. The summed E-state index contributed by atoms with van der Waals surface area (Å²) in [4.78, 5) is 12.8. The first-order valence-corrected chi connectivity index (χ1v) is 8.61. The highest BCUT2D eigenvalue weighted by molar-refractivity contribution is 5.97. The van der Waals surface area contributed by atoms with Gasteiger partial charge in [0, 0.05) is 17.7 Å². The lowest BCUT2D eigenvalue weighted by Gasteiger charge is -2.35. The summed E-state index contributed by atoms with van der Waals surface area (Å²) in [6.45, 7) is 7.94. The average molecular weight is 339 g/mol. The zero-order valence-corrected chi connectivity index (χ0v) is 15.2. The summed E-state index contributed by atoms with van der Waals surface area (Å²) in [5.41, 5.74) is 1.37. The van der Waals surface area contributed by atoms with Crippen molar-refractivity contribution in [2.24, 2.45) is 0 Å². The molecule has 0 saturated heterocycles. The number of benzene rings is 2. The zero-order chi connectivity index (χ0) is 18.2. The third kappa shape index (κ3) is 3.48. The van der Waals surface area contributed by atoms with Gasteiger partial charge in [-0.05, 0) is 48.6 Å². The molecule has 0 radical (unpaired) electrons. The molecule has 0 aromatic heterocycles. The lowest BCUT2D eigenvalue weighted by atomic mass is 9.83. The molecule has 0 aliphatic carbocycles. The molecular weight excluding hydrogens is 314 g/mol. The first-order valence-electron chi connectivity index (χ1n) is 8.61. The third-order valence-corrected chi connectivity index (χ3v) is 4.71. The number of ether oxygens (including phenoxy) is 1. The molecule has 132 valence electrons. The van der Waals surface area contributed by atoms with Gasteiger partial charge in [-0.25, -0.2) is 0 Å². The number of rotatable bonds is 2. The molecule has 2 aromatic rings. The van der Waals surface area contributed by atoms with Crippen molar-refractivity contribution in [2.45, 2.75) is 51.6 Å². The predicted octanol–water partition coefficient (Wildman–Crippen LogP) is 4.41. The van der Waals surface area contributed by atoms with Crippen LogP contribution in [0.1, 0.15) is 45.2 Å². The smallest absolute Gasteiger partial charge is 0.268 e. The van der Waals surface area contributed by atoms with Gasteiger partial charge >= 0.3 is 0 Å². The number of carbonyl (C=O) groups is 1. The van der Waals surface area contributed by atoms with Gasteiger partial charge in [-0.15, -0.1) is 0 Å². The van der Waals surface area contributed by atoms with E-state index in [4.69, 9.17) is 4.74 Å². The Morgan fingerprint density at radius 2 is 1.88 bits per heavy atom. The molecule has 4 heteroatoms. The van der Waals surface area contributed by atoms with Crippen LogP contribution in [0.3, 0.4) is 0 Å². The van der Waals surface area contributed by atoms with Crippen LogP contribution in [0.2, 0.25) is 0 Å². The summed E-state index contributed by atoms with van der Waals surface area (Å²) in [7, 11) is 0. The predicted molar refractivity (Wildman–Crippen MR) is 99.2 cm³/mol. The van der Waals surface area contributed by atoms with E-state index in [1.165, 1.54) is 0 Å². The average Bonchev–Trinajstić information content (AvgIpc) is 2.54. The lowest BCUT2D eigenvalue weighted by molar-refractivity contribution is -0.131. The zero-order valence-electron chi connectivity index (χ0n) is 15.2. The van der Waals surface area contributed by atoms with E-state index in [0.717, 1.165) is 16.8 Å². The number of fused-ring (bicyclic) bond motifs is 1. The number of phenolic OH excluding ortho intramolecular Hbond substituents is 1. The van der Waals surface area contributed by atoms with Crippen molar-refractivity contribution >= 4 is 11.6 Å². The molecule has 0 spiro atoms. The molecule has 4 nitrogen and oxygen atoms in total. The Bertz CT molecular complexity index is 793. The Morgan fingerprint density at radius 3 is 2.52 bits per heavy atom. The first-order chi connectivity index (χ1) is 11.7. The van der Waals surface area contributed by atoms with Crippen LogP contribution in [0.4, 0.5) is 5.69 Å². The largest absolute Gasteiger partial charge is 0.508 e. The van der Waals surface area contributed by atoms with Crippen LogP contribution in [0, 0.1) is 0 Å². The van der Waals surface area contributed by atoms with Gasteiger partial charge in [0.1, 0.15) is 11.5 Å². The minimum absolute atomic E-state index is 0.158. The van der Waals surface area contributed by atoms with Gasteiger partial charge in [0.25, 0.3) is 5.91 Å². The number of phenols is 1. The maximum Gasteiger partial charge on any atom is 0.268 e.